The van der Waals surface area contributed by atoms with E-state index in [9.17, 15) is 4.79 Å². The molecule has 0 aliphatic carbocycles. The number of rotatable bonds is 3. The number of hydrogen-bond donors (Lipinski definition) is 0. The normalized spacial score (nSPS) is 11.0. The van der Waals surface area contributed by atoms with Gasteiger partial charge in [-0.3, -0.25) is 19.3 Å². The van der Waals surface area contributed by atoms with Crippen LogP contribution in [0.2, 0.25) is 0 Å². The van der Waals surface area contributed by atoms with Gasteiger partial charge in [0.05, 0.1) is 17.0 Å². The Labute approximate surface area is 128 Å². The maximum absolute atomic E-state index is 12.8. The number of aliphatic imine (C=N–C) groups is 1. The third-order valence-electron chi connectivity index (χ3n) is 3.32. The van der Waals surface area contributed by atoms with E-state index >= 15 is 0 Å². The van der Waals surface area contributed by atoms with Gasteiger partial charge in [0.15, 0.2) is 0 Å². The third-order valence-corrected chi connectivity index (χ3v) is 3.32. The van der Waals surface area contributed by atoms with Crippen LogP contribution in [-0.2, 0) is 0 Å². The first kappa shape index (κ1) is 13.9. The van der Waals surface area contributed by atoms with Crippen LogP contribution in [-0.4, -0.2) is 22.8 Å². The van der Waals surface area contributed by atoms with E-state index in [4.69, 9.17) is 0 Å². The Hall–Kier alpha value is -3.01. The number of hydrogen-bond acceptors (Lipinski definition) is 3. The van der Waals surface area contributed by atoms with Crippen molar-refractivity contribution in [2.24, 2.45) is 4.99 Å². The highest BCUT2D eigenvalue weighted by Crippen LogP contribution is 2.19. The van der Waals surface area contributed by atoms with Gasteiger partial charge in [-0.2, -0.15) is 0 Å². The molecular formula is C18H15N3O. The van der Waals surface area contributed by atoms with E-state index in [1.165, 1.54) is 0 Å². The van der Waals surface area contributed by atoms with Crippen LogP contribution in [0.5, 0.6) is 0 Å². The van der Waals surface area contributed by atoms with Crippen LogP contribution < -0.4 is 5.56 Å². The van der Waals surface area contributed by atoms with Crippen LogP contribution in [0.3, 0.4) is 0 Å². The Morgan fingerprint density at radius 2 is 1.77 bits per heavy atom. The number of benzene rings is 1. The van der Waals surface area contributed by atoms with Crippen LogP contribution in [0.1, 0.15) is 5.56 Å². The molecule has 108 valence electrons. The van der Waals surface area contributed by atoms with E-state index < -0.39 is 0 Å². The zero-order valence-electron chi connectivity index (χ0n) is 12.2. The van der Waals surface area contributed by atoms with E-state index in [0.717, 1.165) is 17.1 Å². The Balaban J connectivity index is 2.32. The van der Waals surface area contributed by atoms with Gasteiger partial charge < -0.3 is 0 Å². The van der Waals surface area contributed by atoms with Gasteiger partial charge in [0, 0.05) is 25.1 Å². The van der Waals surface area contributed by atoms with Crippen molar-refractivity contribution in [2.75, 3.05) is 7.05 Å². The third kappa shape index (κ3) is 2.59. The van der Waals surface area contributed by atoms with Crippen LogP contribution >= 0.6 is 0 Å². The molecule has 0 saturated heterocycles. The van der Waals surface area contributed by atoms with Crippen molar-refractivity contribution in [3.05, 3.63) is 82.8 Å². The molecule has 4 heteroatoms. The van der Waals surface area contributed by atoms with Gasteiger partial charge in [0.2, 0.25) is 0 Å². The summed E-state index contributed by atoms with van der Waals surface area (Å²) in [6, 6.07) is 18.9. The molecule has 22 heavy (non-hydrogen) atoms. The predicted molar refractivity (Wildman–Crippen MR) is 88.8 cm³/mol. The van der Waals surface area contributed by atoms with Gasteiger partial charge in [-0.15, -0.1) is 0 Å². The second-order valence-corrected chi connectivity index (χ2v) is 4.75. The van der Waals surface area contributed by atoms with Gasteiger partial charge in [0.1, 0.15) is 0 Å². The number of pyridine rings is 2. The lowest BCUT2D eigenvalue weighted by Gasteiger charge is -2.13. The van der Waals surface area contributed by atoms with Gasteiger partial charge in [-0.05, 0) is 36.4 Å². The smallest absolute Gasteiger partial charge is 0.264 e. The zero-order chi connectivity index (χ0) is 15.4. The molecule has 3 aromatic rings. The first-order valence-electron chi connectivity index (χ1n) is 6.96. The van der Waals surface area contributed by atoms with Crippen LogP contribution in [0.4, 0.5) is 0 Å². The lowest BCUT2D eigenvalue weighted by molar-refractivity contribution is 0.987. The molecule has 2 aromatic heterocycles. The van der Waals surface area contributed by atoms with Crippen molar-refractivity contribution in [1.82, 2.24) is 9.55 Å². The van der Waals surface area contributed by atoms with Gasteiger partial charge in [0.25, 0.3) is 5.56 Å². The largest absolute Gasteiger partial charge is 0.296 e. The summed E-state index contributed by atoms with van der Waals surface area (Å²) in [5.41, 5.74) is 2.75. The Morgan fingerprint density at radius 1 is 1.00 bits per heavy atom. The van der Waals surface area contributed by atoms with Crippen molar-refractivity contribution < 1.29 is 0 Å². The minimum atomic E-state index is -0.111. The molecule has 0 radical (unpaired) electrons. The molecule has 0 unspecified atom stereocenters. The van der Waals surface area contributed by atoms with Crippen molar-refractivity contribution in [1.29, 1.82) is 0 Å². The van der Waals surface area contributed by atoms with Gasteiger partial charge in [-0.1, -0.05) is 24.3 Å². The molecule has 3 rings (SSSR count). The molecule has 4 nitrogen and oxygen atoms in total. The van der Waals surface area contributed by atoms with Crippen molar-refractivity contribution in [3.8, 4) is 17.1 Å². The Morgan fingerprint density at radius 3 is 2.45 bits per heavy atom. The standard InChI is InChI=1S/C18H15N3O/c1-19-13-14-10-11-17(16-9-5-6-12-20-16)21(18(14)22)15-7-3-2-4-8-15/h2-13H,1H3/b19-13+. The number of para-hydroxylation sites is 1. The van der Waals surface area contributed by atoms with Crippen molar-refractivity contribution in [2.45, 2.75) is 0 Å². The van der Waals surface area contributed by atoms with Gasteiger partial charge >= 0.3 is 0 Å². The fraction of sp³-hybridized carbons (Fsp3) is 0.0556. The lowest BCUT2D eigenvalue weighted by atomic mass is 10.1. The molecule has 0 aliphatic rings. The van der Waals surface area contributed by atoms with E-state index in [2.05, 4.69) is 9.98 Å². The molecule has 0 N–H and O–H groups in total. The summed E-state index contributed by atoms with van der Waals surface area (Å²) in [5, 5.41) is 0. The maximum Gasteiger partial charge on any atom is 0.264 e. The average molecular weight is 289 g/mol. The highest BCUT2D eigenvalue weighted by molar-refractivity contribution is 5.80. The quantitative estimate of drug-likeness (QED) is 0.696. The van der Waals surface area contributed by atoms with E-state index in [-0.39, 0.29) is 5.56 Å². The summed E-state index contributed by atoms with van der Waals surface area (Å²) in [5.74, 6) is 0. The summed E-state index contributed by atoms with van der Waals surface area (Å²) in [4.78, 5) is 21.1. The fourth-order valence-electron chi connectivity index (χ4n) is 2.34. The highest BCUT2D eigenvalue weighted by atomic mass is 16.1. The first-order valence-corrected chi connectivity index (χ1v) is 6.96. The monoisotopic (exact) mass is 289 g/mol. The maximum atomic E-state index is 12.8. The summed E-state index contributed by atoms with van der Waals surface area (Å²) >= 11 is 0. The number of aromatic nitrogens is 2. The van der Waals surface area contributed by atoms with Crippen LogP contribution in [0, 0.1) is 0 Å². The second kappa shape index (κ2) is 6.18. The molecular weight excluding hydrogens is 274 g/mol. The molecule has 0 aliphatic heterocycles. The van der Waals surface area contributed by atoms with Crippen LogP contribution in [0.15, 0.2) is 76.6 Å². The lowest BCUT2D eigenvalue weighted by Crippen LogP contribution is -2.23. The average Bonchev–Trinajstić information content (AvgIpc) is 2.58. The molecule has 0 amide bonds. The minimum Gasteiger partial charge on any atom is -0.296 e. The molecule has 2 heterocycles. The van der Waals surface area contributed by atoms with Crippen molar-refractivity contribution in [3.63, 3.8) is 0 Å². The first-order chi connectivity index (χ1) is 10.8. The summed E-state index contributed by atoms with van der Waals surface area (Å²) in [7, 11) is 1.65. The van der Waals surface area contributed by atoms with E-state index in [1.54, 1.807) is 30.1 Å². The molecule has 0 spiro atoms. The molecule has 0 atom stereocenters. The number of nitrogens with zero attached hydrogens (tertiary/aromatic N) is 3. The van der Waals surface area contributed by atoms with Gasteiger partial charge in [-0.25, -0.2) is 0 Å². The molecule has 0 saturated carbocycles. The van der Waals surface area contributed by atoms with E-state index in [0.29, 0.717) is 5.56 Å². The second-order valence-electron chi connectivity index (χ2n) is 4.75. The topological polar surface area (TPSA) is 47.2 Å². The zero-order valence-corrected chi connectivity index (χ0v) is 12.2. The summed E-state index contributed by atoms with van der Waals surface area (Å²) < 4.78 is 1.67. The van der Waals surface area contributed by atoms with Crippen LogP contribution in [0.25, 0.3) is 17.1 Å². The summed E-state index contributed by atoms with van der Waals surface area (Å²) in [6.45, 7) is 0. The predicted octanol–water partition coefficient (Wildman–Crippen LogP) is 2.95. The summed E-state index contributed by atoms with van der Waals surface area (Å²) in [6.07, 6.45) is 3.29. The van der Waals surface area contributed by atoms with Crippen molar-refractivity contribution >= 4 is 6.21 Å². The minimum absolute atomic E-state index is 0.111. The molecule has 0 bridgehead atoms. The Kier molecular flexibility index (Phi) is 3.92. The highest BCUT2D eigenvalue weighted by Gasteiger charge is 2.11. The Bertz CT molecular complexity index is 853. The molecule has 1 aromatic carbocycles. The van der Waals surface area contributed by atoms with E-state index in [1.807, 2.05) is 54.6 Å². The fourth-order valence-corrected chi connectivity index (χ4v) is 2.34. The molecule has 0 fully saturated rings. The SMILES string of the molecule is C/N=C/c1ccc(-c2ccccn2)n(-c2ccccc2)c1=O.